The monoisotopic (exact) mass is 404 g/mol. The van der Waals surface area contributed by atoms with Crippen molar-refractivity contribution in [3.63, 3.8) is 0 Å². The van der Waals surface area contributed by atoms with Gasteiger partial charge < -0.3 is 9.80 Å². The minimum atomic E-state index is -0.116. The van der Waals surface area contributed by atoms with Gasteiger partial charge in [-0.2, -0.15) is 0 Å². The predicted molar refractivity (Wildman–Crippen MR) is 113 cm³/mol. The minimum Gasteiger partial charge on any atom is -0.339 e. The molecule has 0 unspecified atom stereocenters. The quantitative estimate of drug-likeness (QED) is 0.577. The van der Waals surface area contributed by atoms with Gasteiger partial charge in [-0.15, -0.1) is 11.3 Å². The number of carbonyl (C=O) groups is 1. The van der Waals surface area contributed by atoms with Crippen LogP contribution in [0, 0.1) is 5.92 Å². The van der Waals surface area contributed by atoms with Crippen molar-refractivity contribution in [1.29, 1.82) is 0 Å². The summed E-state index contributed by atoms with van der Waals surface area (Å²) in [4.78, 5) is 29.0. The molecule has 27 heavy (non-hydrogen) atoms. The van der Waals surface area contributed by atoms with Crippen LogP contribution in [-0.4, -0.2) is 63.6 Å². The first kappa shape index (κ1) is 19.2. The van der Waals surface area contributed by atoms with E-state index in [-0.39, 0.29) is 11.2 Å². The number of hydrogen-bond donors (Lipinski definition) is 0. The van der Waals surface area contributed by atoms with Crippen molar-refractivity contribution in [1.82, 2.24) is 19.8 Å². The maximum atomic E-state index is 12.9. The van der Waals surface area contributed by atoms with Gasteiger partial charge in [0.2, 0.25) is 5.91 Å². The zero-order chi connectivity index (χ0) is 19.0. The highest BCUT2D eigenvalue weighted by atomic mass is 32.2. The molecule has 1 fully saturated rings. The van der Waals surface area contributed by atoms with Crippen molar-refractivity contribution in [2.45, 2.75) is 50.3 Å². The predicted octanol–water partition coefficient (Wildman–Crippen LogP) is 3.46. The van der Waals surface area contributed by atoms with E-state index in [1.165, 1.54) is 22.2 Å². The second-order valence-electron chi connectivity index (χ2n) is 7.73. The molecule has 1 aliphatic heterocycles. The highest BCUT2D eigenvalue weighted by Crippen LogP contribution is 2.41. The Morgan fingerprint density at radius 3 is 2.85 bits per heavy atom. The van der Waals surface area contributed by atoms with Crippen LogP contribution < -0.4 is 0 Å². The molecular formula is C20H28N4OS2. The summed E-state index contributed by atoms with van der Waals surface area (Å²) in [7, 11) is 0. The molecule has 0 N–H and O–H groups in total. The fourth-order valence-electron chi connectivity index (χ4n) is 4.09. The van der Waals surface area contributed by atoms with Gasteiger partial charge in [-0.05, 0) is 44.2 Å². The average Bonchev–Trinajstić information content (AvgIpc) is 3.05. The van der Waals surface area contributed by atoms with E-state index in [0.29, 0.717) is 0 Å². The molecule has 1 saturated heterocycles. The molecule has 7 heteroatoms. The Bertz CT molecular complexity index is 829. The number of fused-ring (bicyclic) bond motifs is 3. The molecule has 2 aromatic rings. The zero-order valence-corrected chi connectivity index (χ0v) is 18.0. The van der Waals surface area contributed by atoms with Crippen LogP contribution in [0.25, 0.3) is 10.2 Å². The van der Waals surface area contributed by atoms with Crippen molar-refractivity contribution in [2.24, 2.45) is 5.92 Å². The summed E-state index contributed by atoms with van der Waals surface area (Å²) in [6.07, 6.45) is 5.15. The number of likely N-dealkylation sites (N-methyl/N-ethyl adjacent to an activating group) is 1. The van der Waals surface area contributed by atoms with E-state index in [9.17, 15) is 4.79 Å². The van der Waals surface area contributed by atoms with E-state index in [0.717, 1.165) is 61.3 Å². The number of aromatic nitrogens is 2. The molecule has 2 aromatic heterocycles. The molecule has 3 heterocycles. The van der Waals surface area contributed by atoms with Gasteiger partial charge in [0.05, 0.1) is 5.25 Å². The average molecular weight is 405 g/mol. The number of hydrogen-bond acceptors (Lipinski definition) is 6. The number of rotatable bonds is 4. The third-order valence-corrected chi connectivity index (χ3v) is 8.07. The Balaban J connectivity index is 1.52. The van der Waals surface area contributed by atoms with E-state index in [1.807, 2.05) is 23.2 Å². The Hall–Kier alpha value is -1.18. The molecule has 1 amide bonds. The molecule has 0 spiro atoms. The highest BCUT2D eigenvalue weighted by molar-refractivity contribution is 8.00. The van der Waals surface area contributed by atoms with Crippen LogP contribution in [0.1, 0.15) is 37.6 Å². The SMILES string of the molecule is CCN1CCN(C(=O)[C@@H](C)Sc2ncnc3sc4c(c23)CC[C@H](C)C4)CC1. The second-order valence-corrected chi connectivity index (χ2v) is 10.1. The molecule has 146 valence electrons. The van der Waals surface area contributed by atoms with E-state index >= 15 is 0 Å². The number of aryl methyl sites for hydroxylation is 1. The highest BCUT2D eigenvalue weighted by Gasteiger charge is 2.28. The van der Waals surface area contributed by atoms with Gasteiger partial charge in [0.25, 0.3) is 0 Å². The lowest BCUT2D eigenvalue weighted by Crippen LogP contribution is -2.50. The van der Waals surface area contributed by atoms with Gasteiger partial charge in [0.1, 0.15) is 16.2 Å². The maximum absolute atomic E-state index is 12.9. The van der Waals surface area contributed by atoms with Crippen molar-refractivity contribution in [3.05, 3.63) is 16.8 Å². The van der Waals surface area contributed by atoms with E-state index < -0.39 is 0 Å². The van der Waals surface area contributed by atoms with Gasteiger partial charge >= 0.3 is 0 Å². The molecule has 2 aliphatic rings. The van der Waals surface area contributed by atoms with E-state index in [1.54, 1.807) is 18.1 Å². The van der Waals surface area contributed by atoms with Crippen LogP contribution in [0.2, 0.25) is 0 Å². The largest absolute Gasteiger partial charge is 0.339 e. The van der Waals surface area contributed by atoms with Gasteiger partial charge in [-0.25, -0.2) is 9.97 Å². The first-order chi connectivity index (χ1) is 13.1. The van der Waals surface area contributed by atoms with Crippen molar-refractivity contribution < 1.29 is 4.79 Å². The summed E-state index contributed by atoms with van der Waals surface area (Å²) >= 11 is 3.43. The molecule has 0 bridgehead atoms. The molecule has 2 atom stereocenters. The number of nitrogens with zero attached hydrogens (tertiary/aromatic N) is 4. The lowest BCUT2D eigenvalue weighted by molar-refractivity contribution is -0.132. The molecule has 4 rings (SSSR count). The molecule has 0 radical (unpaired) electrons. The lowest BCUT2D eigenvalue weighted by atomic mass is 9.89. The van der Waals surface area contributed by atoms with E-state index in [2.05, 4.69) is 28.7 Å². The maximum Gasteiger partial charge on any atom is 0.235 e. The van der Waals surface area contributed by atoms with E-state index in [4.69, 9.17) is 0 Å². The molecule has 5 nitrogen and oxygen atoms in total. The fourth-order valence-corrected chi connectivity index (χ4v) is 6.54. The number of amides is 1. The normalized spacial score (nSPS) is 22.0. The third-order valence-electron chi connectivity index (χ3n) is 5.82. The fraction of sp³-hybridized carbons (Fsp3) is 0.650. The second kappa shape index (κ2) is 8.05. The first-order valence-corrected chi connectivity index (χ1v) is 11.7. The molecule has 0 saturated carbocycles. The Morgan fingerprint density at radius 1 is 1.33 bits per heavy atom. The topological polar surface area (TPSA) is 49.3 Å². The van der Waals surface area contributed by atoms with Gasteiger partial charge in [0, 0.05) is 36.4 Å². The number of thioether (sulfide) groups is 1. The standard InChI is InChI=1S/C20H28N4OS2/c1-4-23-7-9-24(10-8-23)20(25)14(3)26-18-17-15-6-5-13(2)11-16(15)27-19(17)22-12-21-18/h12-14H,4-11H2,1-3H3/t13-,14+/m0/s1. The Labute approximate surface area is 169 Å². The summed E-state index contributed by atoms with van der Waals surface area (Å²) in [6, 6.07) is 0. The van der Waals surface area contributed by atoms with Crippen LogP contribution >= 0.6 is 23.1 Å². The summed E-state index contributed by atoms with van der Waals surface area (Å²) in [5.41, 5.74) is 1.44. The smallest absolute Gasteiger partial charge is 0.235 e. The van der Waals surface area contributed by atoms with Crippen molar-refractivity contribution >= 4 is 39.2 Å². The number of thiophene rings is 1. The minimum absolute atomic E-state index is 0.116. The number of piperazine rings is 1. The van der Waals surface area contributed by atoms with Gasteiger partial charge in [-0.3, -0.25) is 4.79 Å². The van der Waals surface area contributed by atoms with Crippen LogP contribution in [-0.2, 0) is 17.6 Å². The van der Waals surface area contributed by atoms with Gasteiger partial charge in [-0.1, -0.05) is 25.6 Å². The van der Waals surface area contributed by atoms with Crippen molar-refractivity contribution in [2.75, 3.05) is 32.7 Å². The van der Waals surface area contributed by atoms with Crippen LogP contribution in [0.3, 0.4) is 0 Å². The van der Waals surface area contributed by atoms with Crippen LogP contribution in [0.15, 0.2) is 11.4 Å². The zero-order valence-electron chi connectivity index (χ0n) is 16.4. The van der Waals surface area contributed by atoms with Gasteiger partial charge in [0.15, 0.2) is 0 Å². The van der Waals surface area contributed by atoms with Crippen molar-refractivity contribution in [3.8, 4) is 0 Å². The Kier molecular flexibility index (Phi) is 5.71. The third kappa shape index (κ3) is 3.87. The Morgan fingerprint density at radius 2 is 2.11 bits per heavy atom. The first-order valence-electron chi connectivity index (χ1n) is 9.99. The van der Waals surface area contributed by atoms with Crippen LogP contribution in [0.4, 0.5) is 0 Å². The number of carbonyl (C=O) groups excluding carboxylic acids is 1. The summed E-state index contributed by atoms with van der Waals surface area (Å²) in [6.45, 7) is 11.2. The van der Waals surface area contributed by atoms with Crippen LogP contribution in [0.5, 0.6) is 0 Å². The molecule has 1 aliphatic carbocycles. The summed E-state index contributed by atoms with van der Waals surface area (Å²) < 4.78 is 0. The molecule has 0 aromatic carbocycles. The summed E-state index contributed by atoms with van der Waals surface area (Å²) in [5.74, 6) is 0.983. The lowest BCUT2D eigenvalue weighted by Gasteiger charge is -2.35. The molecular weight excluding hydrogens is 376 g/mol. The summed E-state index contributed by atoms with van der Waals surface area (Å²) in [5, 5.41) is 2.08.